The van der Waals surface area contributed by atoms with Crippen molar-refractivity contribution >= 4 is 17.6 Å². The Morgan fingerprint density at radius 2 is 2.53 bits per heavy atom. The van der Waals surface area contributed by atoms with Gasteiger partial charge in [0, 0.05) is 24.1 Å². The zero-order valence-corrected chi connectivity index (χ0v) is 9.37. The van der Waals surface area contributed by atoms with Gasteiger partial charge in [-0.3, -0.25) is 0 Å². The van der Waals surface area contributed by atoms with Crippen LogP contribution in [-0.2, 0) is 0 Å². The molecule has 0 bridgehead atoms. The second kappa shape index (κ2) is 4.49. The summed E-state index contributed by atoms with van der Waals surface area (Å²) in [6.07, 6.45) is 1.56. The molecule has 1 unspecified atom stereocenters. The number of nitriles is 1. The Morgan fingerprint density at radius 1 is 1.67 bits per heavy atom. The van der Waals surface area contributed by atoms with Crippen molar-refractivity contribution in [2.24, 2.45) is 0 Å². The van der Waals surface area contributed by atoms with Crippen LogP contribution in [0.5, 0.6) is 0 Å². The van der Waals surface area contributed by atoms with Gasteiger partial charge < -0.3 is 4.90 Å². The second-order valence-corrected chi connectivity index (χ2v) is 4.65. The molecule has 0 radical (unpaired) electrons. The lowest BCUT2D eigenvalue weighted by Gasteiger charge is -2.33. The lowest BCUT2D eigenvalue weighted by atomic mass is 10.2. The van der Waals surface area contributed by atoms with Crippen molar-refractivity contribution in [1.29, 1.82) is 5.26 Å². The summed E-state index contributed by atoms with van der Waals surface area (Å²) in [6.45, 7) is 3.10. The maximum atomic E-state index is 8.99. The minimum Gasteiger partial charge on any atom is -0.350 e. The number of aromatic nitrogens is 2. The Hall–Kier alpha value is -1.28. The average molecular weight is 220 g/mol. The molecule has 0 aliphatic carbocycles. The van der Waals surface area contributed by atoms with Crippen LogP contribution in [0, 0.1) is 11.3 Å². The monoisotopic (exact) mass is 220 g/mol. The normalized spacial score (nSPS) is 21.1. The van der Waals surface area contributed by atoms with Crippen LogP contribution < -0.4 is 4.90 Å². The molecule has 1 fully saturated rings. The third kappa shape index (κ3) is 2.05. The average Bonchev–Trinajstić information content (AvgIpc) is 2.30. The van der Waals surface area contributed by atoms with Crippen LogP contribution in [0.25, 0.3) is 0 Å². The number of hydrogen-bond acceptors (Lipinski definition) is 5. The van der Waals surface area contributed by atoms with Crippen LogP contribution in [0.15, 0.2) is 12.3 Å². The fraction of sp³-hybridized carbons (Fsp3) is 0.500. The van der Waals surface area contributed by atoms with Crippen LogP contribution in [0.4, 0.5) is 5.82 Å². The van der Waals surface area contributed by atoms with E-state index in [1.165, 1.54) is 0 Å². The Labute approximate surface area is 93.3 Å². The highest BCUT2D eigenvalue weighted by atomic mass is 32.2. The van der Waals surface area contributed by atoms with Gasteiger partial charge in [-0.15, -0.1) is 5.10 Å². The van der Waals surface area contributed by atoms with Gasteiger partial charge in [-0.25, -0.2) is 0 Å². The molecule has 0 spiro atoms. The van der Waals surface area contributed by atoms with Gasteiger partial charge in [0.15, 0.2) is 5.82 Å². The summed E-state index contributed by atoms with van der Waals surface area (Å²) in [7, 11) is 0. The minimum absolute atomic E-state index is 0.424. The summed E-state index contributed by atoms with van der Waals surface area (Å²) in [6, 6.07) is 4.31. The van der Waals surface area contributed by atoms with Crippen molar-refractivity contribution in [1.82, 2.24) is 10.2 Å². The summed E-state index contributed by atoms with van der Waals surface area (Å²) in [5.41, 5.74) is 0.615. The molecule has 15 heavy (non-hydrogen) atoms. The van der Waals surface area contributed by atoms with E-state index in [-0.39, 0.29) is 0 Å². The molecule has 2 heterocycles. The first-order valence-corrected chi connectivity index (χ1v) is 6.04. The Kier molecular flexibility index (Phi) is 3.07. The quantitative estimate of drug-likeness (QED) is 0.714. The molecule has 1 aliphatic heterocycles. The van der Waals surface area contributed by atoms with E-state index in [1.807, 2.05) is 11.8 Å². The van der Waals surface area contributed by atoms with Crippen molar-refractivity contribution in [2.45, 2.75) is 13.0 Å². The van der Waals surface area contributed by atoms with E-state index in [9.17, 15) is 0 Å². The lowest BCUT2D eigenvalue weighted by Crippen LogP contribution is -2.41. The first-order valence-electron chi connectivity index (χ1n) is 4.89. The van der Waals surface area contributed by atoms with E-state index < -0.39 is 0 Å². The molecule has 0 N–H and O–H groups in total. The van der Waals surface area contributed by atoms with Crippen molar-refractivity contribution in [2.75, 3.05) is 23.0 Å². The van der Waals surface area contributed by atoms with Crippen molar-refractivity contribution in [3.05, 3.63) is 17.8 Å². The van der Waals surface area contributed by atoms with Crippen LogP contribution in [-0.4, -0.2) is 34.3 Å². The number of rotatable bonds is 1. The van der Waals surface area contributed by atoms with Crippen LogP contribution in [0.3, 0.4) is 0 Å². The highest BCUT2D eigenvalue weighted by molar-refractivity contribution is 7.99. The Bertz CT molecular complexity index is 387. The summed E-state index contributed by atoms with van der Waals surface area (Å²) in [4.78, 5) is 2.17. The Balaban J connectivity index is 2.31. The number of anilines is 1. The lowest BCUT2D eigenvalue weighted by molar-refractivity contribution is 0.681. The topological polar surface area (TPSA) is 52.8 Å². The molecule has 0 saturated carbocycles. The summed E-state index contributed by atoms with van der Waals surface area (Å²) in [5.74, 6) is 2.90. The molecule has 1 aliphatic rings. The maximum Gasteiger partial charge on any atom is 0.169 e. The molecule has 2 rings (SSSR count). The van der Waals surface area contributed by atoms with Crippen LogP contribution in [0.2, 0.25) is 0 Å². The third-order valence-electron chi connectivity index (χ3n) is 2.46. The van der Waals surface area contributed by atoms with Gasteiger partial charge in [0.25, 0.3) is 0 Å². The predicted octanol–water partition coefficient (Wildman–Crippen LogP) is 1.29. The van der Waals surface area contributed by atoms with Gasteiger partial charge in [-0.1, -0.05) is 0 Å². The largest absolute Gasteiger partial charge is 0.350 e. The van der Waals surface area contributed by atoms with Gasteiger partial charge in [0.1, 0.15) is 6.07 Å². The Morgan fingerprint density at radius 3 is 3.27 bits per heavy atom. The number of thioether (sulfide) groups is 1. The molecule has 1 saturated heterocycles. The summed E-state index contributed by atoms with van der Waals surface area (Å²) in [5, 5.41) is 16.9. The van der Waals surface area contributed by atoms with E-state index in [4.69, 9.17) is 5.26 Å². The fourth-order valence-electron chi connectivity index (χ4n) is 1.67. The summed E-state index contributed by atoms with van der Waals surface area (Å²) >= 11 is 1.94. The second-order valence-electron chi connectivity index (χ2n) is 3.50. The van der Waals surface area contributed by atoms with E-state index in [1.54, 1.807) is 12.3 Å². The standard InChI is InChI=1S/C10H12N4S/c1-8-7-15-5-4-14(8)10-9(6-11)2-3-12-13-10/h2-3,8H,4-5,7H2,1H3. The zero-order valence-electron chi connectivity index (χ0n) is 8.55. The molecule has 4 nitrogen and oxygen atoms in total. The molecular formula is C10H12N4S. The van der Waals surface area contributed by atoms with Gasteiger partial charge >= 0.3 is 0 Å². The third-order valence-corrected chi connectivity index (χ3v) is 3.65. The van der Waals surface area contributed by atoms with Gasteiger partial charge in [-0.2, -0.15) is 22.1 Å². The van der Waals surface area contributed by atoms with E-state index in [0.29, 0.717) is 11.6 Å². The minimum atomic E-state index is 0.424. The fourth-order valence-corrected chi connectivity index (χ4v) is 2.68. The molecule has 1 atom stereocenters. The van der Waals surface area contributed by atoms with Crippen LogP contribution in [0.1, 0.15) is 12.5 Å². The number of hydrogen-bond donors (Lipinski definition) is 0. The zero-order chi connectivity index (χ0) is 10.7. The van der Waals surface area contributed by atoms with Gasteiger partial charge in [0.05, 0.1) is 11.8 Å². The molecule has 0 amide bonds. The summed E-state index contributed by atoms with van der Waals surface area (Å²) < 4.78 is 0. The van der Waals surface area contributed by atoms with E-state index >= 15 is 0 Å². The molecule has 78 valence electrons. The molecule has 1 aromatic rings. The number of nitrogens with zero attached hydrogens (tertiary/aromatic N) is 4. The van der Waals surface area contributed by atoms with Crippen LogP contribution >= 0.6 is 11.8 Å². The highest BCUT2D eigenvalue weighted by Gasteiger charge is 2.22. The molecule has 1 aromatic heterocycles. The van der Waals surface area contributed by atoms with Crippen molar-refractivity contribution < 1.29 is 0 Å². The van der Waals surface area contributed by atoms with Crippen molar-refractivity contribution in [3.8, 4) is 6.07 Å². The van der Waals surface area contributed by atoms with Crippen molar-refractivity contribution in [3.63, 3.8) is 0 Å². The molecular weight excluding hydrogens is 208 g/mol. The van der Waals surface area contributed by atoms with E-state index in [0.717, 1.165) is 23.9 Å². The highest BCUT2D eigenvalue weighted by Crippen LogP contribution is 2.23. The first-order chi connectivity index (χ1) is 7.33. The van der Waals surface area contributed by atoms with Gasteiger partial charge in [-0.05, 0) is 13.0 Å². The SMILES string of the molecule is CC1CSCCN1c1nnccc1C#N. The van der Waals surface area contributed by atoms with E-state index in [2.05, 4.69) is 28.1 Å². The van der Waals surface area contributed by atoms with Gasteiger partial charge in [0.2, 0.25) is 0 Å². The predicted molar refractivity (Wildman–Crippen MR) is 60.9 cm³/mol. The first kappa shape index (κ1) is 10.2. The molecule has 5 heteroatoms. The smallest absolute Gasteiger partial charge is 0.169 e. The maximum absolute atomic E-state index is 8.99. The molecule has 0 aromatic carbocycles.